The van der Waals surface area contributed by atoms with Crippen LogP contribution in [0.5, 0.6) is 0 Å². The van der Waals surface area contributed by atoms with E-state index >= 15 is 0 Å². The maximum atomic E-state index is 14.3. The number of hydrogen-bond donors (Lipinski definition) is 1. The molecule has 1 aliphatic heterocycles. The lowest BCUT2D eigenvalue weighted by molar-refractivity contribution is 0.102. The predicted octanol–water partition coefficient (Wildman–Crippen LogP) is 5.30. The van der Waals surface area contributed by atoms with Crippen molar-refractivity contribution in [1.82, 2.24) is 5.16 Å². The van der Waals surface area contributed by atoms with Crippen molar-refractivity contribution in [3.63, 3.8) is 0 Å². The number of aryl methyl sites for hydroxylation is 1. The molecule has 1 aliphatic rings. The molecule has 1 amide bonds. The number of hydrogen-bond acceptors (Lipinski definition) is 4. The molecule has 0 aliphatic carbocycles. The van der Waals surface area contributed by atoms with E-state index < -0.39 is 11.7 Å². The number of amides is 1. The fraction of sp³-hybridized carbons (Fsp3) is 0.238. The van der Waals surface area contributed by atoms with Crippen molar-refractivity contribution in [3.8, 4) is 11.3 Å². The monoisotopic (exact) mass is 399 g/mol. The summed E-state index contributed by atoms with van der Waals surface area (Å²) in [7, 11) is 0. The summed E-state index contributed by atoms with van der Waals surface area (Å²) in [5.41, 5.74) is 2.03. The summed E-state index contributed by atoms with van der Waals surface area (Å²) in [5.74, 6) is -0.694. The van der Waals surface area contributed by atoms with Crippen molar-refractivity contribution >= 4 is 28.9 Å². The second-order valence-electron chi connectivity index (χ2n) is 6.76. The van der Waals surface area contributed by atoms with Crippen LogP contribution >= 0.6 is 11.6 Å². The first-order valence-electron chi connectivity index (χ1n) is 9.11. The average molecular weight is 400 g/mol. The average Bonchev–Trinajstić information content (AvgIpc) is 3.32. The minimum Gasteiger partial charge on any atom is -0.371 e. The Morgan fingerprint density at radius 1 is 1.21 bits per heavy atom. The summed E-state index contributed by atoms with van der Waals surface area (Å²) < 4.78 is 19.5. The molecule has 0 bridgehead atoms. The zero-order chi connectivity index (χ0) is 19.7. The van der Waals surface area contributed by atoms with Gasteiger partial charge in [-0.05, 0) is 50.1 Å². The standard InChI is InChI=1S/C21H19ClFN3O2/c1-13-18(20(25-28-13)19-16(22)8-5-9-17(19)23)21(27)24-14-6-4-7-15(12-14)26-10-2-3-11-26/h4-9,12H,2-3,10-11H2,1H3,(H,24,27). The highest BCUT2D eigenvalue weighted by Crippen LogP contribution is 2.34. The molecule has 1 N–H and O–H groups in total. The molecule has 1 saturated heterocycles. The van der Waals surface area contributed by atoms with Crippen LogP contribution in [0.2, 0.25) is 5.02 Å². The van der Waals surface area contributed by atoms with E-state index in [0.29, 0.717) is 11.4 Å². The number of benzene rings is 2. The van der Waals surface area contributed by atoms with Gasteiger partial charge < -0.3 is 14.7 Å². The lowest BCUT2D eigenvalue weighted by Gasteiger charge is -2.18. The third-order valence-electron chi connectivity index (χ3n) is 4.86. The van der Waals surface area contributed by atoms with Crippen LogP contribution in [0, 0.1) is 12.7 Å². The third kappa shape index (κ3) is 3.47. The van der Waals surface area contributed by atoms with Gasteiger partial charge in [0, 0.05) is 24.5 Å². The molecule has 7 heteroatoms. The fourth-order valence-electron chi connectivity index (χ4n) is 3.48. The minimum absolute atomic E-state index is 0.0528. The summed E-state index contributed by atoms with van der Waals surface area (Å²) in [4.78, 5) is 15.2. The SMILES string of the molecule is Cc1onc(-c2c(F)cccc2Cl)c1C(=O)Nc1cccc(N2CCCC2)c1. The lowest BCUT2D eigenvalue weighted by Crippen LogP contribution is -2.18. The number of aromatic nitrogens is 1. The Bertz CT molecular complexity index is 1010. The molecule has 0 atom stereocenters. The first-order valence-corrected chi connectivity index (χ1v) is 9.49. The van der Waals surface area contributed by atoms with Crippen LogP contribution in [0.15, 0.2) is 47.0 Å². The molecule has 144 valence electrons. The maximum Gasteiger partial charge on any atom is 0.261 e. The second kappa shape index (κ2) is 7.64. The van der Waals surface area contributed by atoms with Crippen LogP contribution in [0.1, 0.15) is 29.0 Å². The van der Waals surface area contributed by atoms with Crippen molar-refractivity contribution in [2.45, 2.75) is 19.8 Å². The molecule has 3 aromatic rings. The number of carbonyl (C=O) groups excluding carboxylic acids is 1. The number of rotatable bonds is 4. The fourth-order valence-corrected chi connectivity index (χ4v) is 3.74. The van der Waals surface area contributed by atoms with Crippen LogP contribution in [0.25, 0.3) is 11.3 Å². The highest BCUT2D eigenvalue weighted by atomic mass is 35.5. The molecule has 28 heavy (non-hydrogen) atoms. The van der Waals surface area contributed by atoms with Gasteiger partial charge in [0.2, 0.25) is 0 Å². The highest BCUT2D eigenvalue weighted by molar-refractivity contribution is 6.33. The first kappa shape index (κ1) is 18.5. The van der Waals surface area contributed by atoms with Crippen molar-refractivity contribution in [2.24, 2.45) is 0 Å². The molecule has 0 spiro atoms. The van der Waals surface area contributed by atoms with Crippen molar-refractivity contribution in [1.29, 1.82) is 0 Å². The summed E-state index contributed by atoms with van der Waals surface area (Å²) >= 11 is 6.14. The van der Waals surface area contributed by atoms with Gasteiger partial charge in [-0.25, -0.2) is 4.39 Å². The molecule has 5 nitrogen and oxygen atoms in total. The molecule has 2 aromatic carbocycles. The number of halogens is 2. The summed E-state index contributed by atoms with van der Waals surface area (Å²) in [6.45, 7) is 3.64. The summed E-state index contributed by atoms with van der Waals surface area (Å²) in [6.07, 6.45) is 2.34. The Kier molecular flexibility index (Phi) is 5.05. The van der Waals surface area contributed by atoms with Gasteiger partial charge in [-0.3, -0.25) is 4.79 Å². The molecule has 0 unspecified atom stereocenters. The molecule has 2 heterocycles. The van der Waals surface area contributed by atoms with Gasteiger partial charge in [-0.2, -0.15) is 0 Å². The van der Waals surface area contributed by atoms with Crippen LogP contribution in [0.3, 0.4) is 0 Å². The van der Waals surface area contributed by atoms with Crippen molar-refractivity contribution in [3.05, 3.63) is 64.6 Å². The molecule has 4 rings (SSSR count). The van der Waals surface area contributed by atoms with Gasteiger partial charge in [0.25, 0.3) is 5.91 Å². The van der Waals surface area contributed by atoms with Gasteiger partial charge in [0.1, 0.15) is 22.8 Å². The topological polar surface area (TPSA) is 58.4 Å². The molecular weight excluding hydrogens is 381 g/mol. The molecule has 1 fully saturated rings. The van der Waals surface area contributed by atoms with Gasteiger partial charge >= 0.3 is 0 Å². The van der Waals surface area contributed by atoms with E-state index in [1.807, 2.05) is 24.3 Å². The zero-order valence-electron chi connectivity index (χ0n) is 15.3. The van der Waals surface area contributed by atoms with E-state index in [1.54, 1.807) is 13.0 Å². The number of carbonyl (C=O) groups is 1. The van der Waals surface area contributed by atoms with Crippen LogP contribution in [-0.4, -0.2) is 24.2 Å². The Hall–Kier alpha value is -2.86. The number of nitrogens with zero attached hydrogens (tertiary/aromatic N) is 2. The third-order valence-corrected chi connectivity index (χ3v) is 5.18. The second-order valence-corrected chi connectivity index (χ2v) is 7.16. The van der Waals surface area contributed by atoms with Gasteiger partial charge in [-0.15, -0.1) is 0 Å². The zero-order valence-corrected chi connectivity index (χ0v) is 16.1. The van der Waals surface area contributed by atoms with E-state index in [2.05, 4.69) is 15.4 Å². The first-order chi connectivity index (χ1) is 13.5. The highest BCUT2D eigenvalue weighted by Gasteiger charge is 2.25. The largest absolute Gasteiger partial charge is 0.371 e. The van der Waals surface area contributed by atoms with Crippen LogP contribution in [-0.2, 0) is 0 Å². The number of anilines is 2. The van der Waals surface area contributed by atoms with E-state index in [0.717, 1.165) is 18.8 Å². The molecular formula is C21H19ClFN3O2. The van der Waals surface area contributed by atoms with E-state index in [-0.39, 0.29) is 21.8 Å². The van der Waals surface area contributed by atoms with Gasteiger partial charge in [0.05, 0.1) is 10.6 Å². The molecule has 0 radical (unpaired) electrons. The Morgan fingerprint density at radius 3 is 2.71 bits per heavy atom. The van der Waals surface area contributed by atoms with E-state index in [4.69, 9.17) is 16.1 Å². The maximum absolute atomic E-state index is 14.3. The normalized spacial score (nSPS) is 13.8. The minimum atomic E-state index is -0.564. The van der Waals surface area contributed by atoms with E-state index in [1.165, 1.54) is 25.0 Å². The molecule has 1 aromatic heterocycles. The van der Waals surface area contributed by atoms with E-state index in [9.17, 15) is 9.18 Å². The smallest absolute Gasteiger partial charge is 0.261 e. The Morgan fingerprint density at radius 2 is 1.96 bits per heavy atom. The van der Waals surface area contributed by atoms with Crippen molar-refractivity contribution in [2.75, 3.05) is 23.3 Å². The van der Waals surface area contributed by atoms with Crippen LogP contribution < -0.4 is 10.2 Å². The van der Waals surface area contributed by atoms with Crippen LogP contribution in [0.4, 0.5) is 15.8 Å². The van der Waals surface area contributed by atoms with Crippen molar-refractivity contribution < 1.29 is 13.7 Å². The van der Waals surface area contributed by atoms with Gasteiger partial charge in [-0.1, -0.05) is 28.9 Å². The summed E-state index contributed by atoms with van der Waals surface area (Å²) in [6, 6.07) is 12.0. The Labute approximate surface area is 167 Å². The quantitative estimate of drug-likeness (QED) is 0.647. The Balaban J connectivity index is 1.65. The number of nitrogens with one attached hydrogen (secondary N) is 1. The van der Waals surface area contributed by atoms with Gasteiger partial charge in [0.15, 0.2) is 0 Å². The summed E-state index contributed by atoms with van der Waals surface area (Å²) in [5, 5.41) is 6.91. The predicted molar refractivity (Wildman–Crippen MR) is 107 cm³/mol. The lowest BCUT2D eigenvalue weighted by atomic mass is 10.0. The molecule has 0 saturated carbocycles.